The SMILES string of the molecule is Cc1cc(C#CCN)cc(C(=O)NCc2cnc(C)s2)c1. The number of thiazole rings is 1. The smallest absolute Gasteiger partial charge is 0.251 e. The molecule has 0 saturated heterocycles. The molecular weight excluding hydrogens is 282 g/mol. The zero-order valence-electron chi connectivity index (χ0n) is 12.1. The van der Waals surface area contributed by atoms with Crippen LogP contribution in [-0.2, 0) is 6.54 Å². The summed E-state index contributed by atoms with van der Waals surface area (Å²) < 4.78 is 0. The summed E-state index contributed by atoms with van der Waals surface area (Å²) in [6.45, 7) is 4.68. The third kappa shape index (κ3) is 4.42. The number of nitrogens with two attached hydrogens (primary N) is 1. The minimum atomic E-state index is -0.111. The van der Waals surface area contributed by atoms with Crippen molar-refractivity contribution in [2.45, 2.75) is 20.4 Å². The van der Waals surface area contributed by atoms with E-state index in [1.54, 1.807) is 23.6 Å². The Morgan fingerprint density at radius 2 is 2.19 bits per heavy atom. The maximum Gasteiger partial charge on any atom is 0.251 e. The lowest BCUT2D eigenvalue weighted by Crippen LogP contribution is -2.22. The monoisotopic (exact) mass is 299 g/mol. The quantitative estimate of drug-likeness (QED) is 0.852. The molecule has 0 radical (unpaired) electrons. The van der Waals surface area contributed by atoms with Gasteiger partial charge in [0.05, 0.1) is 18.1 Å². The summed E-state index contributed by atoms with van der Waals surface area (Å²) in [5.41, 5.74) is 7.78. The molecule has 0 atom stereocenters. The van der Waals surface area contributed by atoms with E-state index >= 15 is 0 Å². The number of hydrogen-bond donors (Lipinski definition) is 2. The molecule has 1 aromatic heterocycles. The van der Waals surface area contributed by atoms with Crippen molar-refractivity contribution >= 4 is 17.2 Å². The fraction of sp³-hybridized carbons (Fsp3) is 0.250. The molecule has 4 nitrogen and oxygen atoms in total. The minimum Gasteiger partial charge on any atom is -0.347 e. The molecule has 0 bridgehead atoms. The van der Waals surface area contributed by atoms with E-state index in [4.69, 9.17) is 5.73 Å². The molecule has 0 unspecified atom stereocenters. The average Bonchev–Trinajstić information content (AvgIpc) is 2.87. The number of hydrogen-bond acceptors (Lipinski definition) is 4. The topological polar surface area (TPSA) is 68.0 Å². The fourth-order valence-electron chi connectivity index (χ4n) is 1.90. The highest BCUT2D eigenvalue weighted by molar-refractivity contribution is 7.11. The van der Waals surface area contributed by atoms with Crippen LogP contribution in [0.5, 0.6) is 0 Å². The van der Waals surface area contributed by atoms with Crippen molar-refractivity contribution in [2.75, 3.05) is 6.54 Å². The van der Waals surface area contributed by atoms with Gasteiger partial charge in [-0.3, -0.25) is 4.79 Å². The van der Waals surface area contributed by atoms with Crippen molar-refractivity contribution in [3.63, 3.8) is 0 Å². The summed E-state index contributed by atoms with van der Waals surface area (Å²) in [6, 6.07) is 5.57. The lowest BCUT2D eigenvalue weighted by Gasteiger charge is -2.05. The molecule has 0 aliphatic carbocycles. The van der Waals surface area contributed by atoms with Gasteiger partial charge in [-0.05, 0) is 37.6 Å². The first-order chi connectivity index (χ1) is 10.1. The van der Waals surface area contributed by atoms with E-state index in [1.807, 2.05) is 26.0 Å². The molecular formula is C16H17N3OS. The van der Waals surface area contributed by atoms with Gasteiger partial charge in [0, 0.05) is 22.2 Å². The average molecular weight is 299 g/mol. The summed E-state index contributed by atoms with van der Waals surface area (Å²) in [4.78, 5) is 17.4. The van der Waals surface area contributed by atoms with E-state index in [0.717, 1.165) is 21.0 Å². The van der Waals surface area contributed by atoms with E-state index in [2.05, 4.69) is 22.1 Å². The maximum atomic E-state index is 12.2. The van der Waals surface area contributed by atoms with E-state index < -0.39 is 0 Å². The van der Waals surface area contributed by atoms with Crippen LogP contribution in [0.3, 0.4) is 0 Å². The Balaban J connectivity index is 2.09. The number of rotatable bonds is 3. The van der Waals surface area contributed by atoms with Crippen LogP contribution in [0.2, 0.25) is 0 Å². The molecule has 0 saturated carbocycles. The first-order valence-electron chi connectivity index (χ1n) is 6.58. The maximum absolute atomic E-state index is 12.2. The van der Waals surface area contributed by atoms with E-state index in [1.165, 1.54) is 0 Å². The zero-order valence-corrected chi connectivity index (χ0v) is 12.9. The summed E-state index contributed by atoms with van der Waals surface area (Å²) in [5, 5.41) is 3.89. The van der Waals surface area contributed by atoms with Crippen LogP contribution in [0.1, 0.15) is 31.4 Å². The molecule has 5 heteroatoms. The molecule has 2 aromatic rings. The van der Waals surface area contributed by atoms with Crippen LogP contribution >= 0.6 is 11.3 Å². The Labute approximate surface area is 128 Å². The third-order valence-electron chi connectivity index (χ3n) is 2.77. The number of carbonyl (C=O) groups is 1. The van der Waals surface area contributed by atoms with Crippen molar-refractivity contribution in [3.8, 4) is 11.8 Å². The first-order valence-corrected chi connectivity index (χ1v) is 7.40. The van der Waals surface area contributed by atoms with Crippen molar-refractivity contribution in [1.82, 2.24) is 10.3 Å². The first kappa shape index (κ1) is 15.2. The fourth-order valence-corrected chi connectivity index (χ4v) is 2.63. The van der Waals surface area contributed by atoms with Gasteiger partial charge in [0.1, 0.15) is 0 Å². The van der Waals surface area contributed by atoms with Gasteiger partial charge < -0.3 is 11.1 Å². The second kappa shape index (κ2) is 7.02. The van der Waals surface area contributed by atoms with Gasteiger partial charge in [-0.1, -0.05) is 11.8 Å². The van der Waals surface area contributed by atoms with Crippen molar-refractivity contribution in [1.29, 1.82) is 0 Å². The predicted octanol–water partition coefficient (Wildman–Crippen LogP) is 2.00. The molecule has 1 heterocycles. The number of nitrogens with one attached hydrogen (secondary N) is 1. The van der Waals surface area contributed by atoms with Crippen LogP contribution in [0.25, 0.3) is 0 Å². The molecule has 1 amide bonds. The second-order valence-corrected chi connectivity index (χ2v) is 5.94. The number of amides is 1. The standard InChI is InChI=1S/C16H17N3OS/c1-11-6-13(4-3-5-17)8-14(7-11)16(20)19-10-15-9-18-12(2)21-15/h6-9H,5,10,17H2,1-2H3,(H,19,20). The highest BCUT2D eigenvalue weighted by Gasteiger charge is 2.08. The Hall–Kier alpha value is -2.16. The molecule has 21 heavy (non-hydrogen) atoms. The molecule has 0 aliphatic rings. The van der Waals surface area contributed by atoms with Crippen LogP contribution < -0.4 is 11.1 Å². The van der Waals surface area contributed by atoms with E-state index in [-0.39, 0.29) is 5.91 Å². The normalized spacial score (nSPS) is 9.86. The van der Waals surface area contributed by atoms with Crippen molar-refractivity contribution in [3.05, 3.63) is 51.0 Å². The number of aryl methyl sites for hydroxylation is 2. The van der Waals surface area contributed by atoms with Gasteiger partial charge >= 0.3 is 0 Å². The zero-order chi connectivity index (χ0) is 15.2. The lowest BCUT2D eigenvalue weighted by atomic mass is 10.1. The Morgan fingerprint density at radius 3 is 2.86 bits per heavy atom. The number of benzene rings is 1. The molecule has 1 aromatic carbocycles. The Bertz CT molecular complexity index is 710. The third-order valence-corrected chi connectivity index (χ3v) is 3.68. The van der Waals surface area contributed by atoms with Gasteiger partial charge in [0.25, 0.3) is 5.91 Å². The molecule has 0 spiro atoms. The predicted molar refractivity (Wildman–Crippen MR) is 85.1 cm³/mol. The highest BCUT2D eigenvalue weighted by atomic mass is 32.1. The summed E-state index contributed by atoms with van der Waals surface area (Å²) in [5.74, 6) is 5.64. The van der Waals surface area contributed by atoms with Gasteiger partial charge in [-0.15, -0.1) is 11.3 Å². The van der Waals surface area contributed by atoms with Crippen LogP contribution in [-0.4, -0.2) is 17.4 Å². The Kier molecular flexibility index (Phi) is 5.09. The number of nitrogens with zero attached hydrogens (tertiary/aromatic N) is 1. The van der Waals surface area contributed by atoms with Gasteiger partial charge in [0.15, 0.2) is 0 Å². The van der Waals surface area contributed by atoms with Gasteiger partial charge in [0.2, 0.25) is 0 Å². The van der Waals surface area contributed by atoms with E-state index in [9.17, 15) is 4.79 Å². The summed E-state index contributed by atoms with van der Waals surface area (Å²) in [7, 11) is 0. The molecule has 0 fully saturated rings. The van der Waals surface area contributed by atoms with Crippen molar-refractivity contribution < 1.29 is 4.79 Å². The molecule has 3 N–H and O–H groups in total. The number of aromatic nitrogens is 1. The molecule has 2 rings (SSSR count). The minimum absolute atomic E-state index is 0.111. The Morgan fingerprint density at radius 1 is 1.38 bits per heavy atom. The lowest BCUT2D eigenvalue weighted by molar-refractivity contribution is 0.0951. The summed E-state index contributed by atoms with van der Waals surface area (Å²) >= 11 is 1.58. The molecule has 0 aliphatic heterocycles. The molecule has 108 valence electrons. The van der Waals surface area contributed by atoms with Gasteiger partial charge in [-0.2, -0.15) is 0 Å². The van der Waals surface area contributed by atoms with Gasteiger partial charge in [-0.25, -0.2) is 4.98 Å². The van der Waals surface area contributed by atoms with Crippen molar-refractivity contribution in [2.24, 2.45) is 5.73 Å². The largest absolute Gasteiger partial charge is 0.347 e. The highest BCUT2D eigenvalue weighted by Crippen LogP contribution is 2.12. The van der Waals surface area contributed by atoms with Crippen LogP contribution in [0.4, 0.5) is 0 Å². The summed E-state index contributed by atoms with van der Waals surface area (Å²) in [6.07, 6.45) is 1.79. The van der Waals surface area contributed by atoms with Crippen LogP contribution in [0.15, 0.2) is 24.4 Å². The number of carbonyl (C=O) groups excluding carboxylic acids is 1. The van der Waals surface area contributed by atoms with E-state index in [0.29, 0.717) is 18.7 Å². The second-order valence-electron chi connectivity index (χ2n) is 4.62. The van der Waals surface area contributed by atoms with Crippen LogP contribution in [0, 0.1) is 25.7 Å².